The number of pyridine rings is 1. The molecule has 25 heavy (non-hydrogen) atoms. The quantitative estimate of drug-likeness (QED) is 0.676. The largest absolute Gasteiger partial charge is 0.352 e. The Kier molecular flexibility index (Phi) is 5.41. The maximum Gasteiger partial charge on any atom is 0.244 e. The minimum absolute atomic E-state index is 0.175. The predicted octanol–water partition coefficient (Wildman–Crippen LogP) is 4.32. The van der Waals surface area contributed by atoms with Crippen LogP contribution in [0.1, 0.15) is 17.0 Å². The van der Waals surface area contributed by atoms with E-state index in [2.05, 4.69) is 10.3 Å². The summed E-state index contributed by atoms with van der Waals surface area (Å²) in [5, 5.41) is 3.92. The Balaban J connectivity index is 1.55. The Morgan fingerprint density at radius 2 is 2.12 bits per heavy atom. The molecule has 0 atom stereocenters. The molecule has 3 aromatic rings. The van der Waals surface area contributed by atoms with Gasteiger partial charge in [-0.2, -0.15) is 0 Å². The lowest BCUT2D eigenvalue weighted by Gasteiger charge is -2.01. The maximum absolute atomic E-state index is 11.9. The molecule has 0 saturated carbocycles. The van der Waals surface area contributed by atoms with E-state index in [9.17, 15) is 4.79 Å². The maximum atomic E-state index is 11.9. The molecule has 1 amide bonds. The number of rotatable bonds is 5. The summed E-state index contributed by atoms with van der Waals surface area (Å²) < 4.78 is 2.04. The van der Waals surface area contributed by atoms with Crippen LogP contribution >= 0.6 is 23.2 Å². The standard InChI is InChI=1S/C19H17Cl2N3O/c1-13-3-2-4-18-23-16(12-24(13)18)9-10-22-19(25)8-6-14-5-7-15(20)11-17(14)21/h2-8,11-12H,9-10H2,1H3,(H,22,25)/b8-6+. The number of imidazole rings is 1. The number of halogens is 2. The van der Waals surface area contributed by atoms with Crippen molar-refractivity contribution in [3.63, 3.8) is 0 Å². The highest BCUT2D eigenvalue weighted by atomic mass is 35.5. The van der Waals surface area contributed by atoms with Gasteiger partial charge in [-0.3, -0.25) is 4.79 Å². The van der Waals surface area contributed by atoms with Crippen LogP contribution in [0.5, 0.6) is 0 Å². The zero-order valence-corrected chi connectivity index (χ0v) is 15.2. The van der Waals surface area contributed by atoms with E-state index in [1.165, 1.54) is 6.08 Å². The SMILES string of the molecule is Cc1cccc2nc(CCNC(=O)/C=C/c3ccc(Cl)cc3Cl)cn12. The first-order chi connectivity index (χ1) is 12.0. The van der Waals surface area contributed by atoms with Crippen LogP contribution in [0.2, 0.25) is 10.0 Å². The van der Waals surface area contributed by atoms with Gasteiger partial charge in [0.05, 0.1) is 5.69 Å². The zero-order chi connectivity index (χ0) is 17.8. The normalized spacial score (nSPS) is 11.3. The van der Waals surface area contributed by atoms with E-state index in [0.717, 1.165) is 22.6 Å². The number of nitrogens with zero attached hydrogens (tertiary/aromatic N) is 2. The second kappa shape index (κ2) is 7.72. The van der Waals surface area contributed by atoms with Crippen molar-refractivity contribution in [1.82, 2.24) is 14.7 Å². The van der Waals surface area contributed by atoms with Gasteiger partial charge in [-0.1, -0.05) is 35.3 Å². The number of carbonyl (C=O) groups is 1. The molecular weight excluding hydrogens is 357 g/mol. The molecule has 0 spiro atoms. The van der Waals surface area contributed by atoms with Gasteiger partial charge < -0.3 is 9.72 Å². The van der Waals surface area contributed by atoms with Gasteiger partial charge in [-0.05, 0) is 42.8 Å². The average Bonchev–Trinajstić information content (AvgIpc) is 2.98. The van der Waals surface area contributed by atoms with Gasteiger partial charge in [0.15, 0.2) is 0 Å². The fraction of sp³-hybridized carbons (Fsp3) is 0.158. The predicted molar refractivity (Wildman–Crippen MR) is 102 cm³/mol. The number of aryl methyl sites for hydroxylation is 1. The number of fused-ring (bicyclic) bond motifs is 1. The molecule has 0 unspecified atom stereocenters. The van der Waals surface area contributed by atoms with E-state index in [4.69, 9.17) is 23.2 Å². The number of hydrogen-bond donors (Lipinski definition) is 1. The van der Waals surface area contributed by atoms with E-state index < -0.39 is 0 Å². The number of nitrogens with one attached hydrogen (secondary N) is 1. The molecule has 1 N–H and O–H groups in total. The third kappa shape index (κ3) is 4.41. The zero-order valence-electron chi connectivity index (χ0n) is 13.7. The summed E-state index contributed by atoms with van der Waals surface area (Å²) in [5.74, 6) is -0.175. The van der Waals surface area contributed by atoms with Crippen LogP contribution in [0.3, 0.4) is 0 Å². The van der Waals surface area contributed by atoms with Crippen molar-refractivity contribution < 1.29 is 4.79 Å². The number of benzene rings is 1. The minimum Gasteiger partial charge on any atom is -0.352 e. The summed E-state index contributed by atoms with van der Waals surface area (Å²) in [6.45, 7) is 2.55. The van der Waals surface area contributed by atoms with Crippen molar-refractivity contribution in [1.29, 1.82) is 0 Å². The molecule has 0 saturated heterocycles. The summed E-state index contributed by atoms with van der Waals surface area (Å²) >= 11 is 11.9. The van der Waals surface area contributed by atoms with Crippen LogP contribution in [0.4, 0.5) is 0 Å². The summed E-state index contributed by atoms with van der Waals surface area (Å²) in [7, 11) is 0. The van der Waals surface area contributed by atoms with Gasteiger partial charge in [0, 0.05) is 41.0 Å². The minimum atomic E-state index is -0.175. The molecular formula is C19H17Cl2N3O. The molecule has 1 aromatic carbocycles. The summed E-state index contributed by atoms with van der Waals surface area (Å²) in [6.07, 6.45) is 5.80. The van der Waals surface area contributed by atoms with E-state index in [-0.39, 0.29) is 5.91 Å². The highest BCUT2D eigenvalue weighted by molar-refractivity contribution is 6.35. The molecule has 2 heterocycles. The van der Waals surface area contributed by atoms with Crippen molar-refractivity contribution in [2.45, 2.75) is 13.3 Å². The number of aromatic nitrogens is 2. The molecule has 0 aliphatic heterocycles. The van der Waals surface area contributed by atoms with Crippen LogP contribution in [-0.4, -0.2) is 21.8 Å². The lowest BCUT2D eigenvalue weighted by atomic mass is 10.2. The molecule has 4 nitrogen and oxygen atoms in total. The van der Waals surface area contributed by atoms with E-state index in [1.807, 2.05) is 35.7 Å². The molecule has 0 aliphatic carbocycles. The molecule has 0 fully saturated rings. The summed E-state index contributed by atoms with van der Waals surface area (Å²) in [5.41, 5.74) is 3.73. The van der Waals surface area contributed by atoms with Gasteiger partial charge in [-0.25, -0.2) is 4.98 Å². The average molecular weight is 374 g/mol. The van der Waals surface area contributed by atoms with Crippen LogP contribution in [0, 0.1) is 6.92 Å². The fourth-order valence-electron chi connectivity index (χ4n) is 2.49. The lowest BCUT2D eigenvalue weighted by molar-refractivity contribution is -0.116. The van der Waals surface area contributed by atoms with Crippen molar-refractivity contribution in [2.24, 2.45) is 0 Å². The Hall–Kier alpha value is -2.30. The van der Waals surface area contributed by atoms with Crippen molar-refractivity contribution in [3.05, 3.63) is 75.7 Å². The van der Waals surface area contributed by atoms with E-state index >= 15 is 0 Å². The summed E-state index contributed by atoms with van der Waals surface area (Å²) in [6, 6.07) is 11.1. The van der Waals surface area contributed by atoms with Crippen molar-refractivity contribution in [3.8, 4) is 0 Å². The Morgan fingerprint density at radius 1 is 1.28 bits per heavy atom. The highest BCUT2D eigenvalue weighted by Crippen LogP contribution is 2.21. The van der Waals surface area contributed by atoms with E-state index in [0.29, 0.717) is 23.0 Å². The van der Waals surface area contributed by atoms with Crippen molar-refractivity contribution >= 4 is 40.8 Å². The van der Waals surface area contributed by atoms with Gasteiger partial charge >= 0.3 is 0 Å². The smallest absolute Gasteiger partial charge is 0.244 e. The van der Waals surface area contributed by atoms with Crippen LogP contribution in [0.15, 0.2) is 48.7 Å². The number of hydrogen-bond acceptors (Lipinski definition) is 2. The second-order valence-corrected chi connectivity index (χ2v) is 6.51. The first-order valence-corrected chi connectivity index (χ1v) is 8.63. The fourth-order valence-corrected chi connectivity index (χ4v) is 2.97. The number of carbonyl (C=O) groups excluding carboxylic acids is 1. The van der Waals surface area contributed by atoms with Crippen LogP contribution in [-0.2, 0) is 11.2 Å². The Bertz CT molecular complexity index is 947. The second-order valence-electron chi connectivity index (χ2n) is 5.67. The van der Waals surface area contributed by atoms with Gasteiger partial charge in [0.2, 0.25) is 5.91 Å². The van der Waals surface area contributed by atoms with Gasteiger partial charge in [0.25, 0.3) is 0 Å². The third-order valence-electron chi connectivity index (χ3n) is 3.80. The molecule has 0 aliphatic rings. The van der Waals surface area contributed by atoms with E-state index in [1.54, 1.807) is 24.3 Å². The third-order valence-corrected chi connectivity index (χ3v) is 4.37. The van der Waals surface area contributed by atoms with Crippen LogP contribution in [0.25, 0.3) is 11.7 Å². The lowest BCUT2D eigenvalue weighted by Crippen LogP contribution is -2.23. The van der Waals surface area contributed by atoms with Crippen molar-refractivity contribution in [2.75, 3.05) is 6.54 Å². The molecule has 6 heteroatoms. The molecule has 3 rings (SSSR count). The first kappa shape index (κ1) is 17.5. The molecule has 0 bridgehead atoms. The number of amides is 1. The van der Waals surface area contributed by atoms with Gasteiger partial charge in [-0.15, -0.1) is 0 Å². The molecule has 2 aromatic heterocycles. The highest BCUT2D eigenvalue weighted by Gasteiger charge is 2.04. The molecule has 128 valence electrons. The monoisotopic (exact) mass is 373 g/mol. The molecule has 0 radical (unpaired) electrons. The Labute approximate surface area is 156 Å². The summed E-state index contributed by atoms with van der Waals surface area (Å²) in [4.78, 5) is 16.5. The van der Waals surface area contributed by atoms with Gasteiger partial charge in [0.1, 0.15) is 5.65 Å². The first-order valence-electron chi connectivity index (χ1n) is 7.87. The topological polar surface area (TPSA) is 46.4 Å². The Morgan fingerprint density at radius 3 is 2.88 bits per heavy atom. The van der Waals surface area contributed by atoms with Crippen LogP contribution < -0.4 is 5.32 Å².